The van der Waals surface area contributed by atoms with Crippen molar-refractivity contribution in [2.45, 2.75) is 12.5 Å². The summed E-state index contributed by atoms with van der Waals surface area (Å²) in [5.74, 6) is -0.231. The van der Waals surface area contributed by atoms with E-state index in [9.17, 15) is 13.8 Å². The van der Waals surface area contributed by atoms with E-state index in [1.807, 2.05) is 0 Å². The topological polar surface area (TPSA) is 115 Å². The van der Waals surface area contributed by atoms with Crippen molar-refractivity contribution in [2.75, 3.05) is 24.6 Å². The fourth-order valence-corrected chi connectivity index (χ4v) is 2.95. The largest absolute Gasteiger partial charge is 0.480 e. The molecule has 110 valence electrons. The van der Waals surface area contributed by atoms with E-state index in [1.165, 1.54) is 17.4 Å². The van der Waals surface area contributed by atoms with Crippen LogP contribution in [0.4, 0.5) is 4.79 Å². The van der Waals surface area contributed by atoms with Crippen molar-refractivity contribution in [3.05, 3.63) is 18.2 Å². The zero-order chi connectivity index (χ0) is 14.5. The number of hydrogen-bond donors (Lipinski definition) is 3. The molecule has 1 atom stereocenters. The number of rotatable bonds is 4. The molecule has 1 saturated heterocycles. The Labute approximate surface area is 118 Å². The number of carboxylic acid groups (broad SMARTS) is 1. The minimum Gasteiger partial charge on any atom is -0.480 e. The maximum absolute atomic E-state index is 12.0. The van der Waals surface area contributed by atoms with Gasteiger partial charge in [-0.05, 0) is 0 Å². The lowest BCUT2D eigenvalue weighted by atomic mass is 10.1. The number of amides is 2. The third kappa shape index (κ3) is 3.80. The van der Waals surface area contributed by atoms with Gasteiger partial charge in [0.05, 0.1) is 6.33 Å². The highest BCUT2D eigenvalue weighted by Gasteiger charge is 2.26. The Balaban J connectivity index is 1.92. The number of hydrogen-bond acceptors (Lipinski definition) is 4. The highest BCUT2D eigenvalue weighted by atomic mass is 32.2. The number of urea groups is 1. The fraction of sp³-hybridized carbons (Fsp3) is 0.545. The SMILES string of the molecule is O=C(O)[C@H](Cc1cnc[nH]1)NC(=O)N1CCS(=O)CC1. The summed E-state index contributed by atoms with van der Waals surface area (Å²) in [4.78, 5) is 31.3. The molecule has 8 nitrogen and oxygen atoms in total. The third-order valence-electron chi connectivity index (χ3n) is 3.04. The number of carbonyl (C=O) groups is 2. The molecule has 1 aromatic heterocycles. The van der Waals surface area contributed by atoms with Crippen LogP contribution in [-0.4, -0.2) is 66.8 Å². The molecule has 0 aromatic carbocycles. The van der Waals surface area contributed by atoms with Gasteiger partial charge in [0, 0.05) is 53.7 Å². The van der Waals surface area contributed by atoms with Gasteiger partial charge >= 0.3 is 12.0 Å². The van der Waals surface area contributed by atoms with E-state index in [2.05, 4.69) is 15.3 Å². The zero-order valence-electron chi connectivity index (χ0n) is 10.7. The van der Waals surface area contributed by atoms with Crippen LogP contribution in [0.15, 0.2) is 12.5 Å². The minimum absolute atomic E-state index is 0.140. The van der Waals surface area contributed by atoms with Crippen LogP contribution in [-0.2, 0) is 22.0 Å². The Morgan fingerprint density at radius 3 is 2.75 bits per heavy atom. The lowest BCUT2D eigenvalue weighted by molar-refractivity contribution is -0.139. The van der Waals surface area contributed by atoms with E-state index in [1.54, 1.807) is 0 Å². The first-order valence-electron chi connectivity index (χ1n) is 6.16. The lowest BCUT2D eigenvalue weighted by Crippen LogP contribution is -2.52. The number of nitrogens with one attached hydrogen (secondary N) is 2. The quantitative estimate of drug-likeness (QED) is 0.672. The molecule has 0 radical (unpaired) electrons. The summed E-state index contributed by atoms with van der Waals surface area (Å²) in [5.41, 5.74) is 0.637. The van der Waals surface area contributed by atoms with Gasteiger partial charge < -0.3 is 20.3 Å². The molecule has 0 spiro atoms. The summed E-state index contributed by atoms with van der Waals surface area (Å²) in [6.45, 7) is 0.768. The Kier molecular flexibility index (Phi) is 4.72. The number of aromatic nitrogens is 2. The Morgan fingerprint density at radius 2 is 2.20 bits per heavy atom. The molecule has 0 saturated carbocycles. The van der Waals surface area contributed by atoms with Crippen LogP contribution in [0.1, 0.15) is 5.69 Å². The van der Waals surface area contributed by atoms with Gasteiger partial charge in [0.25, 0.3) is 0 Å². The van der Waals surface area contributed by atoms with Crippen LogP contribution in [0.3, 0.4) is 0 Å². The maximum atomic E-state index is 12.0. The molecule has 0 aliphatic carbocycles. The molecule has 0 bridgehead atoms. The maximum Gasteiger partial charge on any atom is 0.326 e. The number of aliphatic carboxylic acids is 1. The molecule has 1 aliphatic rings. The second kappa shape index (κ2) is 6.51. The Hall–Kier alpha value is -1.90. The van der Waals surface area contributed by atoms with E-state index in [0.717, 1.165) is 0 Å². The van der Waals surface area contributed by atoms with Crippen LogP contribution < -0.4 is 5.32 Å². The number of imidazole rings is 1. The van der Waals surface area contributed by atoms with Gasteiger partial charge in [-0.15, -0.1) is 0 Å². The van der Waals surface area contributed by atoms with Crippen LogP contribution in [0.2, 0.25) is 0 Å². The molecular formula is C11H16N4O4S. The molecule has 1 aromatic rings. The van der Waals surface area contributed by atoms with Crippen molar-refractivity contribution in [3.8, 4) is 0 Å². The fourth-order valence-electron chi connectivity index (χ4n) is 1.90. The summed E-state index contributed by atoms with van der Waals surface area (Å²) in [6.07, 6.45) is 3.11. The average molecular weight is 300 g/mol. The number of nitrogens with zero attached hydrogens (tertiary/aromatic N) is 2. The first-order chi connectivity index (χ1) is 9.56. The van der Waals surface area contributed by atoms with Gasteiger partial charge in [0.1, 0.15) is 6.04 Å². The van der Waals surface area contributed by atoms with Gasteiger partial charge in [0.15, 0.2) is 0 Å². The van der Waals surface area contributed by atoms with Crippen LogP contribution >= 0.6 is 0 Å². The summed E-state index contributed by atoms with van der Waals surface area (Å²) < 4.78 is 11.2. The smallest absolute Gasteiger partial charge is 0.326 e. The summed E-state index contributed by atoms with van der Waals surface area (Å²) in [7, 11) is -0.876. The molecule has 20 heavy (non-hydrogen) atoms. The number of carbonyl (C=O) groups excluding carboxylic acids is 1. The number of carboxylic acids is 1. The predicted molar refractivity (Wildman–Crippen MR) is 71.7 cm³/mol. The normalized spacial score (nSPS) is 17.7. The van der Waals surface area contributed by atoms with Crippen molar-refractivity contribution in [1.29, 1.82) is 0 Å². The summed E-state index contributed by atoms with van der Waals surface area (Å²) >= 11 is 0. The summed E-state index contributed by atoms with van der Waals surface area (Å²) in [6, 6.07) is -1.45. The van der Waals surface area contributed by atoms with Gasteiger partial charge in [-0.1, -0.05) is 0 Å². The predicted octanol–water partition coefficient (Wildman–Crippen LogP) is -0.821. The van der Waals surface area contributed by atoms with Gasteiger partial charge in [-0.3, -0.25) is 4.21 Å². The van der Waals surface area contributed by atoms with E-state index in [4.69, 9.17) is 5.11 Å². The molecule has 1 aliphatic heterocycles. The Morgan fingerprint density at radius 1 is 1.50 bits per heavy atom. The van der Waals surface area contributed by atoms with Gasteiger partial charge in [-0.25, -0.2) is 14.6 Å². The highest BCUT2D eigenvalue weighted by molar-refractivity contribution is 7.85. The standard InChI is InChI=1S/C11H16N4O4S/c16-10(17)9(5-8-6-12-7-13-8)14-11(18)15-1-3-20(19)4-2-15/h6-7,9H,1-5H2,(H,12,13)(H,14,18)(H,16,17)/t9-/m0/s1. The molecule has 2 rings (SSSR count). The molecule has 0 unspecified atom stereocenters. The Bertz CT molecular complexity index is 495. The first kappa shape index (κ1) is 14.5. The molecule has 2 amide bonds. The van der Waals surface area contributed by atoms with Crippen LogP contribution in [0.25, 0.3) is 0 Å². The van der Waals surface area contributed by atoms with E-state index < -0.39 is 28.8 Å². The van der Waals surface area contributed by atoms with E-state index in [-0.39, 0.29) is 6.42 Å². The first-order valence-corrected chi connectivity index (χ1v) is 7.65. The lowest BCUT2D eigenvalue weighted by Gasteiger charge is -2.27. The van der Waals surface area contributed by atoms with E-state index >= 15 is 0 Å². The number of H-pyrrole nitrogens is 1. The monoisotopic (exact) mass is 300 g/mol. The molecular weight excluding hydrogens is 284 g/mol. The second-order valence-corrected chi connectivity index (χ2v) is 6.15. The van der Waals surface area contributed by atoms with Gasteiger partial charge in [0.2, 0.25) is 0 Å². The summed E-state index contributed by atoms with van der Waals surface area (Å²) in [5, 5.41) is 11.6. The van der Waals surface area contributed by atoms with Crippen molar-refractivity contribution >= 4 is 22.8 Å². The zero-order valence-corrected chi connectivity index (χ0v) is 11.6. The average Bonchev–Trinajstić information content (AvgIpc) is 2.91. The van der Waals surface area contributed by atoms with Crippen LogP contribution in [0, 0.1) is 0 Å². The third-order valence-corrected chi connectivity index (χ3v) is 4.32. The molecule has 3 N–H and O–H groups in total. The molecule has 2 heterocycles. The highest BCUT2D eigenvalue weighted by Crippen LogP contribution is 2.03. The van der Waals surface area contributed by atoms with Crippen molar-refractivity contribution < 1.29 is 18.9 Å². The van der Waals surface area contributed by atoms with Crippen LogP contribution in [0.5, 0.6) is 0 Å². The van der Waals surface area contributed by atoms with E-state index in [0.29, 0.717) is 30.3 Å². The molecule has 9 heteroatoms. The number of aromatic amines is 1. The van der Waals surface area contributed by atoms with Gasteiger partial charge in [-0.2, -0.15) is 0 Å². The van der Waals surface area contributed by atoms with Crippen molar-refractivity contribution in [2.24, 2.45) is 0 Å². The molecule has 1 fully saturated rings. The van der Waals surface area contributed by atoms with Crippen molar-refractivity contribution in [3.63, 3.8) is 0 Å². The second-order valence-electron chi connectivity index (χ2n) is 4.46. The van der Waals surface area contributed by atoms with Crippen molar-refractivity contribution in [1.82, 2.24) is 20.2 Å². The minimum atomic E-state index is -1.10.